The van der Waals surface area contributed by atoms with Crippen LogP contribution in [0.1, 0.15) is 22.7 Å². The number of nitrogens with one attached hydrogen (secondary N) is 1. The van der Waals surface area contributed by atoms with Crippen LogP contribution in [0.25, 0.3) is 0 Å². The second-order valence-corrected chi connectivity index (χ2v) is 8.57. The SMILES string of the molecule is COc1c2c(cc3c1[C@H](C(=O)Nc1ccccc1)[N+](C)(Cc1ccccc1)CC3)OCO2. The largest absolute Gasteiger partial charge is 0.492 e. The number of methoxy groups -OCH3 is 1. The van der Waals surface area contributed by atoms with Crippen LogP contribution in [0.2, 0.25) is 0 Å². The van der Waals surface area contributed by atoms with Gasteiger partial charge in [-0.3, -0.25) is 4.79 Å². The monoisotopic (exact) mass is 431 g/mol. The fourth-order valence-corrected chi connectivity index (χ4v) is 4.92. The molecule has 2 atom stereocenters. The Morgan fingerprint density at radius 2 is 1.81 bits per heavy atom. The van der Waals surface area contributed by atoms with E-state index >= 15 is 0 Å². The first-order valence-corrected chi connectivity index (χ1v) is 10.8. The summed E-state index contributed by atoms with van der Waals surface area (Å²) in [7, 11) is 3.77. The van der Waals surface area contributed by atoms with Gasteiger partial charge in [0.25, 0.3) is 5.91 Å². The van der Waals surface area contributed by atoms with Gasteiger partial charge >= 0.3 is 0 Å². The van der Waals surface area contributed by atoms with Gasteiger partial charge in [0, 0.05) is 17.7 Å². The molecule has 3 aromatic rings. The number of carbonyl (C=O) groups excluding carboxylic acids is 1. The van der Waals surface area contributed by atoms with Gasteiger partial charge in [-0.15, -0.1) is 0 Å². The van der Waals surface area contributed by atoms with Crippen molar-refractivity contribution >= 4 is 11.6 Å². The maximum atomic E-state index is 13.9. The molecule has 6 heteroatoms. The third kappa shape index (κ3) is 3.56. The van der Waals surface area contributed by atoms with Gasteiger partial charge in [-0.2, -0.15) is 0 Å². The van der Waals surface area contributed by atoms with Gasteiger partial charge in [0.1, 0.15) is 6.54 Å². The third-order valence-electron chi connectivity index (χ3n) is 6.41. The maximum absolute atomic E-state index is 13.9. The molecule has 0 saturated heterocycles. The van der Waals surface area contributed by atoms with Gasteiger partial charge in [0.05, 0.1) is 26.3 Å². The number of ether oxygens (including phenoxy) is 3. The number of carbonyl (C=O) groups is 1. The fraction of sp³-hybridized carbons (Fsp3) is 0.269. The van der Waals surface area contributed by atoms with Gasteiger partial charge < -0.3 is 24.0 Å². The highest BCUT2D eigenvalue weighted by molar-refractivity contribution is 5.96. The fourth-order valence-electron chi connectivity index (χ4n) is 4.92. The molecule has 0 spiro atoms. The van der Waals surface area contributed by atoms with Crippen LogP contribution in [0.5, 0.6) is 17.2 Å². The molecule has 164 valence electrons. The Morgan fingerprint density at radius 3 is 2.53 bits per heavy atom. The Morgan fingerprint density at radius 1 is 1.09 bits per heavy atom. The first-order chi connectivity index (χ1) is 15.6. The topological polar surface area (TPSA) is 56.8 Å². The van der Waals surface area contributed by atoms with E-state index in [1.165, 1.54) is 5.56 Å². The number of rotatable bonds is 5. The minimum Gasteiger partial charge on any atom is -0.492 e. The quantitative estimate of drug-likeness (QED) is 0.612. The minimum absolute atomic E-state index is 0.0623. The van der Waals surface area contributed by atoms with Crippen molar-refractivity contribution in [3.05, 3.63) is 83.4 Å². The standard InChI is InChI=1S/C26H26N2O4/c1-28(16-18-9-5-3-6-10-18)14-13-19-15-21-24(32-17-31-21)25(30-2)22(19)23(28)26(29)27-20-11-7-4-8-12-20/h3-12,15,23H,13-14,16-17H2,1-2H3/p+1/t23-,28?/m1/s1. The second kappa shape index (κ2) is 8.20. The van der Waals surface area contributed by atoms with Crippen molar-refractivity contribution in [3.8, 4) is 17.2 Å². The highest BCUT2D eigenvalue weighted by Crippen LogP contribution is 2.51. The number of fused-ring (bicyclic) bond motifs is 2. The van der Waals surface area contributed by atoms with Crippen LogP contribution in [0.4, 0.5) is 5.69 Å². The third-order valence-corrected chi connectivity index (χ3v) is 6.41. The molecular formula is C26H27N2O4+. The van der Waals surface area contributed by atoms with Gasteiger partial charge in [-0.05, 0) is 23.8 Å². The molecule has 0 saturated carbocycles. The Labute approximate surface area is 187 Å². The number of para-hydroxylation sites is 1. The molecule has 6 nitrogen and oxygen atoms in total. The molecule has 0 bridgehead atoms. The van der Waals surface area contributed by atoms with Crippen LogP contribution in [0.15, 0.2) is 66.7 Å². The molecule has 1 amide bonds. The van der Waals surface area contributed by atoms with E-state index < -0.39 is 6.04 Å². The molecule has 2 aliphatic heterocycles. The number of quaternary nitrogens is 1. The van der Waals surface area contributed by atoms with E-state index in [0.717, 1.165) is 36.3 Å². The van der Waals surface area contributed by atoms with Crippen LogP contribution < -0.4 is 19.5 Å². The van der Waals surface area contributed by atoms with E-state index in [0.29, 0.717) is 21.7 Å². The van der Waals surface area contributed by atoms with E-state index in [1.54, 1.807) is 7.11 Å². The predicted molar refractivity (Wildman–Crippen MR) is 122 cm³/mol. The first-order valence-electron chi connectivity index (χ1n) is 10.8. The maximum Gasteiger partial charge on any atom is 0.287 e. The van der Waals surface area contributed by atoms with Crippen LogP contribution in [-0.2, 0) is 17.8 Å². The predicted octanol–water partition coefficient (Wildman–Crippen LogP) is 4.31. The summed E-state index contributed by atoms with van der Waals surface area (Å²) in [4.78, 5) is 13.9. The van der Waals surface area contributed by atoms with Gasteiger partial charge in [0.15, 0.2) is 17.5 Å². The van der Waals surface area contributed by atoms with Crippen LogP contribution >= 0.6 is 0 Å². The molecule has 5 rings (SSSR count). The zero-order chi connectivity index (χ0) is 22.1. The summed E-state index contributed by atoms with van der Waals surface area (Å²) in [6.07, 6.45) is 0.820. The van der Waals surface area contributed by atoms with Crippen molar-refractivity contribution in [2.75, 3.05) is 32.8 Å². The molecule has 0 fully saturated rings. The zero-order valence-corrected chi connectivity index (χ0v) is 18.3. The molecule has 3 aromatic carbocycles. The van der Waals surface area contributed by atoms with Gasteiger partial charge in [-0.25, -0.2) is 0 Å². The number of benzene rings is 3. The minimum atomic E-state index is -0.469. The van der Waals surface area contributed by atoms with E-state index in [4.69, 9.17) is 14.2 Å². The lowest BCUT2D eigenvalue weighted by molar-refractivity contribution is -0.944. The number of hydrogen-bond donors (Lipinski definition) is 1. The Kier molecular flexibility index (Phi) is 5.23. The molecular weight excluding hydrogens is 404 g/mol. The van der Waals surface area contributed by atoms with E-state index in [1.807, 2.05) is 54.6 Å². The van der Waals surface area contributed by atoms with Crippen LogP contribution in [0, 0.1) is 0 Å². The summed E-state index contributed by atoms with van der Waals surface area (Å²) >= 11 is 0. The highest BCUT2D eigenvalue weighted by Gasteiger charge is 2.47. The molecule has 1 unspecified atom stereocenters. The lowest BCUT2D eigenvalue weighted by Crippen LogP contribution is -2.54. The van der Waals surface area contributed by atoms with E-state index in [-0.39, 0.29) is 12.7 Å². The lowest BCUT2D eigenvalue weighted by Gasteiger charge is -2.45. The highest BCUT2D eigenvalue weighted by atomic mass is 16.7. The molecule has 2 aliphatic rings. The Bertz CT molecular complexity index is 1130. The van der Waals surface area contributed by atoms with Crippen molar-refractivity contribution in [1.82, 2.24) is 0 Å². The summed E-state index contributed by atoms with van der Waals surface area (Å²) < 4.78 is 17.7. The number of amides is 1. The Balaban J connectivity index is 1.62. The summed E-state index contributed by atoms with van der Waals surface area (Å²) in [6.45, 7) is 1.70. The van der Waals surface area contributed by atoms with Crippen molar-refractivity contribution in [1.29, 1.82) is 0 Å². The number of anilines is 1. The summed E-state index contributed by atoms with van der Waals surface area (Å²) in [5, 5.41) is 3.13. The summed E-state index contributed by atoms with van der Waals surface area (Å²) in [6, 6.07) is 21.4. The summed E-state index contributed by atoms with van der Waals surface area (Å²) in [5.41, 5.74) is 3.92. The van der Waals surface area contributed by atoms with Gasteiger partial charge in [0.2, 0.25) is 12.5 Å². The average molecular weight is 432 g/mol. The smallest absolute Gasteiger partial charge is 0.287 e. The molecule has 2 heterocycles. The van der Waals surface area contributed by atoms with Crippen molar-refractivity contribution in [2.45, 2.75) is 19.0 Å². The second-order valence-electron chi connectivity index (χ2n) is 8.57. The van der Waals surface area contributed by atoms with Crippen molar-refractivity contribution in [3.63, 3.8) is 0 Å². The van der Waals surface area contributed by atoms with Crippen LogP contribution in [0.3, 0.4) is 0 Å². The summed E-state index contributed by atoms with van der Waals surface area (Å²) in [5.74, 6) is 1.80. The number of hydrogen-bond acceptors (Lipinski definition) is 4. The Hall–Kier alpha value is -3.51. The molecule has 32 heavy (non-hydrogen) atoms. The molecule has 1 N–H and O–H groups in total. The average Bonchev–Trinajstić information content (AvgIpc) is 3.27. The van der Waals surface area contributed by atoms with Crippen LogP contribution in [-0.4, -0.2) is 37.9 Å². The number of nitrogens with zero attached hydrogens (tertiary/aromatic N) is 1. The normalized spacial score (nSPS) is 21.0. The lowest BCUT2D eigenvalue weighted by atomic mass is 9.87. The molecule has 0 radical (unpaired) electrons. The molecule has 0 aromatic heterocycles. The number of likely N-dealkylation sites (N-methyl/N-ethyl adjacent to an activating group) is 1. The molecule has 0 aliphatic carbocycles. The van der Waals surface area contributed by atoms with E-state index in [9.17, 15) is 4.79 Å². The van der Waals surface area contributed by atoms with Gasteiger partial charge in [-0.1, -0.05) is 48.5 Å². The van der Waals surface area contributed by atoms with Crippen molar-refractivity contribution in [2.24, 2.45) is 0 Å². The first kappa shape index (κ1) is 20.4. The zero-order valence-electron chi connectivity index (χ0n) is 18.3. The van der Waals surface area contributed by atoms with Crippen molar-refractivity contribution < 1.29 is 23.5 Å². The van der Waals surface area contributed by atoms with E-state index in [2.05, 4.69) is 24.5 Å².